The summed E-state index contributed by atoms with van der Waals surface area (Å²) < 4.78 is 32.6. The first-order valence-corrected chi connectivity index (χ1v) is 18.2. The number of aryl methyl sites for hydroxylation is 3. The Labute approximate surface area is 299 Å². The van der Waals surface area contributed by atoms with Gasteiger partial charge in [-0.1, -0.05) is 66.7 Å². The van der Waals surface area contributed by atoms with Crippen LogP contribution in [0.15, 0.2) is 119 Å². The summed E-state index contributed by atoms with van der Waals surface area (Å²) in [6.45, 7) is 0.813. The lowest BCUT2D eigenvalue weighted by molar-refractivity contribution is 0.100. The van der Waals surface area contributed by atoms with Crippen LogP contribution in [-0.4, -0.2) is 75.9 Å². The number of amidine groups is 1. The van der Waals surface area contributed by atoms with Gasteiger partial charge >= 0.3 is 0 Å². The van der Waals surface area contributed by atoms with Crippen LogP contribution in [0.4, 0.5) is 11.4 Å². The highest BCUT2D eigenvalue weighted by molar-refractivity contribution is 7.93. The molecular weight excluding hydrogens is 659 g/mol. The van der Waals surface area contributed by atoms with Crippen molar-refractivity contribution in [2.45, 2.75) is 17.7 Å². The number of likely N-dealkylation sites (N-methyl/N-ethyl adjacent to an activating group) is 1. The molecule has 0 unspecified atom stereocenters. The summed E-state index contributed by atoms with van der Waals surface area (Å²) in [4.78, 5) is 25.7. The van der Waals surface area contributed by atoms with Crippen LogP contribution in [0.1, 0.15) is 27.3 Å². The Morgan fingerprint density at radius 3 is 2.20 bits per heavy atom. The van der Waals surface area contributed by atoms with Crippen molar-refractivity contribution in [2.24, 2.45) is 17.8 Å². The Balaban J connectivity index is 1.25. The van der Waals surface area contributed by atoms with Crippen molar-refractivity contribution >= 4 is 54.9 Å². The summed E-state index contributed by atoms with van der Waals surface area (Å²) in [6, 6.07) is 33.4. The molecule has 0 atom stereocenters. The van der Waals surface area contributed by atoms with Gasteiger partial charge in [0.1, 0.15) is 11.7 Å². The summed E-state index contributed by atoms with van der Waals surface area (Å²) in [5.41, 5.74) is 11.6. The second-order valence-electron chi connectivity index (χ2n) is 13.0. The molecule has 262 valence electrons. The van der Waals surface area contributed by atoms with E-state index in [2.05, 4.69) is 9.56 Å². The third-order valence-corrected chi connectivity index (χ3v) is 10.9. The zero-order chi connectivity index (χ0) is 36.3. The number of imidazole rings is 1. The van der Waals surface area contributed by atoms with Gasteiger partial charge in [0.15, 0.2) is 0 Å². The largest absolute Gasteiger partial charge is 0.383 e. The molecule has 6 aromatic rings. The van der Waals surface area contributed by atoms with E-state index < -0.39 is 10.0 Å². The molecule has 0 aliphatic heterocycles. The number of hydrogen-bond donors (Lipinski definition) is 1. The first-order valence-electron chi connectivity index (χ1n) is 16.8. The van der Waals surface area contributed by atoms with Gasteiger partial charge in [-0.3, -0.25) is 9.10 Å². The fourth-order valence-electron chi connectivity index (χ4n) is 6.21. The molecule has 2 N–H and O–H groups in total. The third-order valence-electron chi connectivity index (χ3n) is 9.03. The topological polar surface area (TPSA) is 117 Å². The van der Waals surface area contributed by atoms with Gasteiger partial charge in [0.25, 0.3) is 15.9 Å². The average Bonchev–Trinajstić information content (AvgIpc) is 3.44. The maximum atomic E-state index is 14.5. The minimum absolute atomic E-state index is 0.168. The molecule has 0 radical (unpaired) electrons. The van der Waals surface area contributed by atoms with Gasteiger partial charge in [-0.05, 0) is 68.5 Å². The van der Waals surface area contributed by atoms with Crippen LogP contribution >= 0.6 is 0 Å². The quantitative estimate of drug-likeness (QED) is 0.125. The summed E-state index contributed by atoms with van der Waals surface area (Å²) in [5.74, 6) is 0.670. The number of carbonyl (C=O) groups is 1. The summed E-state index contributed by atoms with van der Waals surface area (Å²) >= 11 is 0. The Kier molecular flexibility index (Phi) is 10.2. The lowest BCUT2D eigenvalue weighted by Crippen LogP contribution is -2.36. The number of aliphatic imine (C=N–C) groups is 1. The molecule has 11 heteroatoms. The SMILES string of the molecule is CN(C)CCN(c1ccc2c(c1)nc(CCc1ccc(C(N)=NC(=O)c3ccccc3)cc1)n2C)S(=O)(=O)c1cccc2c(N(C)C)cccc12. The fraction of sp³-hybridized carbons (Fsp3) is 0.225. The third kappa shape index (κ3) is 7.50. The highest BCUT2D eigenvalue weighted by Gasteiger charge is 2.28. The number of amides is 1. The Bertz CT molecular complexity index is 2330. The van der Waals surface area contributed by atoms with E-state index in [0.29, 0.717) is 35.2 Å². The molecule has 0 bridgehead atoms. The standard InChI is InChI=1S/C40H43N7O3S/c1-44(2)25-26-47(51(49,50)37-16-10-13-32-33(37)14-9-15-35(32)45(3)4)31-22-23-36-34(27-31)42-38(46(36)5)24-19-28-17-20-29(21-18-28)39(41)43-40(48)30-11-7-6-8-12-30/h6-18,20-23,27H,19,24-26H2,1-5H3,(H2,41,43,48). The van der Waals surface area contributed by atoms with Crippen molar-refractivity contribution in [2.75, 3.05) is 50.5 Å². The van der Waals surface area contributed by atoms with Gasteiger partial charge in [0, 0.05) is 68.2 Å². The molecular formula is C40H43N7O3S. The normalized spacial score (nSPS) is 12.2. The smallest absolute Gasteiger partial charge is 0.278 e. The molecule has 0 saturated heterocycles. The van der Waals surface area contributed by atoms with Crippen molar-refractivity contribution in [1.82, 2.24) is 14.5 Å². The molecule has 1 aromatic heterocycles. The number of nitrogens with two attached hydrogens (primary N) is 1. The van der Waals surface area contributed by atoms with Crippen LogP contribution in [0.3, 0.4) is 0 Å². The van der Waals surface area contributed by atoms with Crippen molar-refractivity contribution in [3.63, 3.8) is 0 Å². The molecule has 0 aliphatic carbocycles. The van der Waals surface area contributed by atoms with Crippen LogP contribution < -0.4 is 14.9 Å². The van der Waals surface area contributed by atoms with Crippen LogP contribution in [0.2, 0.25) is 0 Å². The molecule has 51 heavy (non-hydrogen) atoms. The van der Waals surface area contributed by atoms with E-state index in [9.17, 15) is 13.2 Å². The van der Waals surface area contributed by atoms with Gasteiger partial charge in [-0.2, -0.15) is 4.99 Å². The summed E-state index contributed by atoms with van der Waals surface area (Å²) in [6.07, 6.45) is 1.40. The van der Waals surface area contributed by atoms with E-state index >= 15 is 0 Å². The van der Waals surface area contributed by atoms with Crippen LogP contribution in [0.5, 0.6) is 0 Å². The number of anilines is 2. The van der Waals surface area contributed by atoms with Crippen LogP contribution in [-0.2, 0) is 29.9 Å². The number of hydrogen-bond acceptors (Lipinski definition) is 6. The van der Waals surface area contributed by atoms with Crippen LogP contribution in [0.25, 0.3) is 21.8 Å². The second kappa shape index (κ2) is 14.8. The molecule has 0 aliphatic rings. The first kappa shape index (κ1) is 35.3. The Hall–Kier alpha value is -5.52. The number of fused-ring (bicyclic) bond motifs is 2. The first-order chi connectivity index (χ1) is 24.4. The highest BCUT2D eigenvalue weighted by Crippen LogP contribution is 2.34. The molecule has 0 saturated carbocycles. The molecule has 6 rings (SSSR count). The summed E-state index contributed by atoms with van der Waals surface area (Å²) in [5, 5.41) is 1.56. The number of carbonyl (C=O) groups excluding carboxylic acids is 1. The van der Waals surface area contributed by atoms with Gasteiger partial charge in [-0.15, -0.1) is 0 Å². The molecule has 0 spiro atoms. The monoisotopic (exact) mass is 701 g/mol. The Morgan fingerprint density at radius 1 is 0.784 bits per heavy atom. The van der Waals surface area contributed by atoms with Crippen LogP contribution in [0, 0.1) is 0 Å². The van der Waals surface area contributed by atoms with Gasteiger partial charge in [0.05, 0.1) is 21.6 Å². The second-order valence-corrected chi connectivity index (χ2v) is 14.9. The van der Waals surface area contributed by atoms with Gasteiger partial charge in [-0.25, -0.2) is 13.4 Å². The van der Waals surface area contributed by atoms with E-state index in [4.69, 9.17) is 10.7 Å². The van der Waals surface area contributed by atoms with Gasteiger partial charge in [0.2, 0.25) is 0 Å². The highest BCUT2D eigenvalue weighted by atomic mass is 32.2. The minimum atomic E-state index is -3.95. The molecule has 1 heterocycles. The number of rotatable bonds is 12. The van der Waals surface area contributed by atoms with Crippen molar-refractivity contribution < 1.29 is 13.2 Å². The molecule has 0 fully saturated rings. The lowest BCUT2D eigenvalue weighted by atomic mass is 10.1. The number of sulfonamides is 1. The van der Waals surface area contributed by atoms with E-state index in [0.717, 1.165) is 39.9 Å². The van der Waals surface area contributed by atoms with Gasteiger partial charge < -0.3 is 20.1 Å². The predicted octanol–water partition coefficient (Wildman–Crippen LogP) is 5.88. The minimum Gasteiger partial charge on any atom is -0.383 e. The average molecular weight is 702 g/mol. The van der Waals surface area contributed by atoms with E-state index in [1.165, 1.54) is 4.31 Å². The molecule has 10 nitrogen and oxygen atoms in total. The number of nitrogens with zero attached hydrogens (tertiary/aromatic N) is 6. The predicted molar refractivity (Wildman–Crippen MR) is 207 cm³/mol. The van der Waals surface area contributed by atoms with Crippen molar-refractivity contribution in [3.05, 3.63) is 132 Å². The number of aromatic nitrogens is 2. The maximum Gasteiger partial charge on any atom is 0.278 e. The fourth-order valence-corrected chi connectivity index (χ4v) is 7.87. The van der Waals surface area contributed by atoms with Crippen molar-refractivity contribution in [3.8, 4) is 0 Å². The van der Waals surface area contributed by atoms with E-state index in [1.54, 1.807) is 30.3 Å². The molecule has 5 aromatic carbocycles. The maximum absolute atomic E-state index is 14.5. The van der Waals surface area contributed by atoms with E-state index in [-0.39, 0.29) is 23.2 Å². The van der Waals surface area contributed by atoms with Crippen molar-refractivity contribution in [1.29, 1.82) is 0 Å². The zero-order valence-electron chi connectivity index (χ0n) is 29.6. The molecule has 1 amide bonds. The lowest BCUT2D eigenvalue weighted by Gasteiger charge is -2.27. The van der Waals surface area contributed by atoms with E-state index in [1.807, 2.05) is 124 Å². The summed E-state index contributed by atoms with van der Waals surface area (Å²) in [7, 11) is 5.81. The Morgan fingerprint density at radius 2 is 1.49 bits per heavy atom. The number of benzene rings is 5. The zero-order valence-corrected chi connectivity index (χ0v) is 30.4.